The first kappa shape index (κ1) is 21.1. The number of aromatic amines is 1. The van der Waals surface area contributed by atoms with Crippen molar-refractivity contribution in [2.75, 3.05) is 19.9 Å². The number of amides is 2. The Morgan fingerprint density at radius 2 is 1.97 bits per heavy atom. The van der Waals surface area contributed by atoms with Gasteiger partial charge >= 0.3 is 0 Å². The highest BCUT2D eigenvalue weighted by Gasteiger charge is 2.35. The van der Waals surface area contributed by atoms with E-state index in [0.717, 1.165) is 0 Å². The van der Waals surface area contributed by atoms with Crippen molar-refractivity contribution in [3.05, 3.63) is 35.2 Å². The topological polar surface area (TPSA) is 143 Å². The average molecular weight is 449 g/mol. The van der Waals surface area contributed by atoms with E-state index in [4.69, 9.17) is 9.47 Å². The lowest BCUT2D eigenvalue weighted by Crippen LogP contribution is -2.50. The summed E-state index contributed by atoms with van der Waals surface area (Å²) < 4.78 is 37.8. The molecule has 1 aromatic carbocycles. The van der Waals surface area contributed by atoms with Gasteiger partial charge in [-0.25, -0.2) is 8.42 Å². The van der Waals surface area contributed by atoms with Gasteiger partial charge in [-0.3, -0.25) is 25.5 Å². The number of rotatable bonds is 4. The summed E-state index contributed by atoms with van der Waals surface area (Å²) in [5, 5.41) is 6.64. The number of nitrogens with zero attached hydrogens (tertiary/aromatic N) is 2. The highest BCUT2D eigenvalue weighted by Crippen LogP contribution is 2.32. The number of H-pyrrole nitrogens is 1. The second kappa shape index (κ2) is 8.19. The second-order valence-electron chi connectivity index (χ2n) is 7.48. The molecule has 1 atom stereocenters. The highest BCUT2D eigenvalue weighted by atomic mass is 32.2. The molecule has 11 nitrogen and oxygen atoms in total. The van der Waals surface area contributed by atoms with Crippen LogP contribution in [0, 0.1) is 19.8 Å². The molecule has 0 radical (unpaired) electrons. The van der Waals surface area contributed by atoms with E-state index >= 15 is 0 Å². The molecule has 2 aromatic rings. The number of piperidine rings is 1. The Morgan fingerprint density at radius 1 is 1.19 bits per heavy atom. The molecule has 0 spiro atoms. The van der Waals surface area contributed by atoms with Crippen LogP contribution in [0.4, 0.5) is 0 Å². The molecule has 2 aliphatic heterocycles. The van der Waals surface area contributed by atoms with Crippen molar-refractivity contribution in [2.24, 2.45) is 5.92 Å². The van der Waals surface area contributed by atoms with Gasteiger partial charge in [0.1, 0.15) is 4.90 Å². The molecule has 12 heteroatoms. The molecule has 3 N–H and O–H groups in total. The van der Waals surface area contributed by atoms with E-state index in [-0.39, 0.29) is 18.2 Å². The van der Waals surface area contributed by atoms with Crippen molar-refractivity contribution < 1.29 is 27.5 Å². The lowest BCUT2D eigenvalue weighted by atomic mass is 9.99. The third-order valence-electron chi connectivity index (χ3n) is 5.35. The molecule has 0 saturated carbocycles. The van der Waals surface area contributed by atoms with Crippen LogP contribution in [0.5, 0.6) is 11.5 Å². The Morgan fingerprint density at radius 3 is 2.71 bits per heavy atom. The molecule has 2 amide bonds. The SMILES string of the molecule is Cc1n[nH]c(C)c1S(=O)(=O)N1CCC[C@@H](C(=O)NNC(=O)c2ccc3c(c2)OCO3)C1. The van der Waals surface area contributed by atoms with Gasteiger partial charge in [-0.2, -0.15) is 9.40 Å². The van der Waals surface area contributed by atoms with Crippen molar-refractivity contribution in [3.63, 3.8) is 0 Å². The van der Waals surface area contributed by atoms with Crippen LogP contribution < -0.4 is 20.3 Å². The van der Waals surface area contributed by atoms with Crippen molar-refractivity contribution in [1.29, 1.82) is 0 Å². The van der Waals surface area contributed by atoms with Crippen LogP contribution in [0.1, 0.15) is 34.6 Å². The van der Waals surface area contributed by atoms with Crippen molar-refractivity contribution in [1.82, 2.24) is 25.4 Å². The molecule has 2 aliphatic rings. The van der Waals surface area contributed by atoms with Gasteiger partial charge in [0, 0.05) is 18.7 Å². The fourth-order valence-corrected chi connectivity index (χ4v) is 5.61. The number of ether oxygens (including phenoxy) is 2. The Bertz CT molecular complexity index is 1110. The molecule has 4 rings (SSSR count). The summed E-state index contributed by atoms with van der Waals surface area (Å²) in [5.74, 6) is -0.552. The van der Waals surface area contributed by atoms with Gasteiger partial charge < -0.3 is 9.47 Å². The molecule has 3 heterocycles. The first-order valence-corrected chi connectivity index (χ1v) is 11.2. The molecule has 0 bridgehead atoms. The van der Waals surface area contributed by atoms with Crippen LogP contribution in [0.25, 0.3) is 0 Å². The molecule has 0 unspecified atom stereocenters. The normalized spacial score (nSPS) is 18.6. The first-order valence-electron chi connectivity index (χ1n) is 9.79. The Balaban J connectivity index is 1.38. The molecule has 166 valence electrons. The maximum Gasteiger partial charge on any atom is 0.269 e. The molecule has 31 heavy (non-hydrogen) atoms. The van der Waals surface area contributed by atoms with Gasteiger partial charge in [0.15, 0.2) is 11.5 Å². The van der Waals surface area contributed by atoms with Crippen molar-refractivity contribution in [2.45, 2.75) is 31.6 Å². The van der Waals surface area contributed by atoms with E-state index in [0.29, 0.717) is 47.8 Å². The number of carbonyl (C=O) groups excluding carboxylic acids is 2. The van der Waals surface area contributed by atoms with Gasteiger partial charge in [0.25, 0.3) is 5.91 Å². The number of sulfonamides is 1. The largest absolute Gasteiger partial charge is 0.454 e. The summed E-state index contributed by atoms with van der Waals surface area (Å²) in [6, 6.07) is 4.69. The van der Waals surface area contributed by atoms with Gasteiger partial charge in [-0.15, -0.1) is 0 Å². The number of aryl methyl sites for hydroxylation is 2. The summed E-state index contributed by atoms with van der Waals surface area (Å²) in [6.45, 7) is 3.71. The minimum absolute atomic E-state index is 0.0259. The zero-order chi connectivity index (χ0) is 22.2. The number of nitrogens with one attached hydrogen (secondary N) is 3. The first-order chi connectivity index (χ1) is 14.8. The van der Waals surface area contributed by atoms with E-state index in [1.165, 1.54) is 10.4 Å². The van der Waals surface area contributed by atoms with Gasteiger partial charge in [-0.1, -0.05) is 0 Å². The third kappa shape index (κ3) is 4.08. The maximum atomic E-state index is 13.0. The average Bonchev–Trinajstić information content (AvgIpc) is 3.37. The number of hydrogen-bond acceptors (Lipinski definition) is 7. The molecule has 0 aliphatic carbocycles. The van der Waals surface area contributed by atoms with Gasteiger partial charge in [0.05, 0.1) is 17.3 Å². The molecular formula is C19H23N5O6S. The Hall–Kier alpha value is -3.12. The van der Waals surface area contributed by atoms with E-state index < -0.39 is 27.8 Å². The summed E-state index contributed by atoms with van der Waals surface area (Å²) in [6.07, 6.45) is 1.05. The molecular weight excluding hydrogens is 426 g/mol. The number of fused-ring (bicyclic) bond motifs is 1. The quantitative estimate of drug-likeness (QED) is 0.581. The number of aromatic nitrogens is 2. The smallest absolute Gasteiger partial charge is 0.269 e. The van der Waals surface area contributed by atoms with Gasteiger partial charge in [-0.05, 0) is 44.9 Å². The molecule has 1 aromatic heterocycles. The summed E-state index contributed by atoms with van der Waals surface area (Å²) >= 11 is 0. The third-order valence-corrected chi connectivity index (χ3v) is 7.48. The van der Waals surface area contributed by atoms with Crippen LogP contribution in [0.2, 0.25) is 0 Å². The number of hydrazine groups is 1. The van der Waals surface area contributed by atoms with Crippen LogP contribution >= 0.6 is 0 Å². The van der Waals surface area contributed by atoms with E-state index in [9.17, 15) is 18.0 Å². The van der Waals surface area contributed by atoms with E-state index in [1.807, 2.05) is 0 Å². The van der Waals surface area contributed by atoms with E-state index in [1.54, 1.807) is 26.0 Å². The monoisotopic (exact) mass is 449 g/mol. The summed E-state index contributed by atoms with van der Waals surface area (Å²) in [4.78, 5) is 25.1. The van der Waals surface area contributed by atoms with Crippen molar-refractivity contribution >= 4 is 21.8 Å². The lowest BCUT2D eigenvalue weighted by Gasteiger charge is -2.31. The van der Waals surface area contributed by atoms with Crippen LogP contribution in [-0.4, -0.2) is 54.6 Å². The Kier molecular flexibility index (Phi) is 5.58. The highest BCUT2D eigenvalue weighted by molar-refractivity contribution is 7.89. The predicted molar refractivity (Wildman–Crippen MR) is 108 cm³/mol. The zero-order valence-electron chi connectivity index (χ0n) is 17.1. The number of carbonyl (C=O) groups is 2. The van der Waals surface area contributed by atoms with Crippen LogP contribution in [-0.2, 0) is 14.8 Å². The number of hydrogen-bond donors (Lipinski definition) is 3. The van der Waals surface area contributed by atoms with Crippen LogP contribution in [0.3, 0.4) is 0 Å². The minimum Gasteiger partial charge on any atom is -0.454 e. The summed E-state index contributed by atoms with van der Waals surface area (Å²) in [7, 11) is -3.78. The molecule has 1 fully saturated rings. The van der Waals surface area contributed by atoms with Gasteiger partial charge in [0.2, 0.25) is 22.7 Å². The van der Waals surface area contributed by atoms with Crippen LogP contribution in [0.15, 0.2) is 23.1 Å². The fraction of sp³-hybridized carbons (Fsp3) is 0.421. The maximum absolute atomic E-state index is 13.0. The van der Waals surface area contributed by atoms with Crippen molar-refractivity contribution in [3.8, 4) is 11.5 Å². The minimum atomic E-state index is -3.78. The van der Waals surface area contributed by atoms with E-state index in [2.05, 4.69) is 21.0 Å². The fourth-order valence-electron chi connectivity index (χ4n) is 3.75. The second-order valence-corrected chi connectivity index (χ2v) is 9.35. The standard InChI is InChI=1S/C19H23N5O6S/c1-11-17(12(2)21-20-11)31(27,28)24-7-3-4-14(9-24)19(26)23-22-18(25)13-5-6-15-16(8-13)30-10-29-15/h5-6,8,14H,3-4,7,9-10H2,1-2H3,(H,20,21)(H,22,25)(H,23,26)/t14-/m1/s1. The zero-order valence-corrected chi connectivity index (χ0v) is 17.9. The predicted octanol–water partition coefficient (Wildman–Crippen LogP) is 0.617. The number of benzene rings is 1. The molecule has 1 saturated heterocycles. The lowest BCUT2D eigenvalue weighted by molar-refractivity contribution is -0.126. The Labute approximate surface area is 179 Å². The summed E-state index contributed by atoms with van der Waals surface area (Å²) in [5.41, 5.74) is 5.91.